The Labute approximate surface area is 158 Å². The van der Waals surface area contributed by atoms with Gasteiger partial charge in [0.15, 0.2) is 0 Å². The molecule has 0 aromatic heterocycles. The van der Waals surface area contributed by atoms with Gasteiger partial charge in [0.2, 0.25) is 11.8 Å². The molecule has 1 heterocycles. The quantitative estimate of drug-likeness (QED) is 0.887. The van der Waals surface area contributed by atoms with E-state index in [-0.39, 0.29) is 23.7 Å². The zero-order valence-corrected chi connectivity index (χ0v) is 15.2. The number of anilines is 2. The van der Waals surface area contributed by atoms with Gasteiger partial charge >= 0.3 is 0 Å². The van der Waals surface area contributed by atoms with Crippen LogP contribution in [0.5, 0.6) is 0 Å². The summed E-state index contributed by atoms with van der Waals surface area (Å²) in [5.41, 5.74) is 2.59. The van der Waals surface area contributed by atoms with E-state index in [0.717, 1.165) is 31.4 Å². The molecule has 4 rings (SSSR count). The SMILES string of the molecule is O=C(Nc1cccc(F)c1)C1CCCCC1C(=O)N1CCc2ccccc21. The van der Waals surface area contributed by atoms with E-state index in [1.165, 1.54) is 17.7 Å². The van der Waals surface area contributed by atoms with Crippen molar-refractivity contribution in [3.05, 3.63) is 59.9 Å². The lowest BCUT2D eigenvalue weighted by Crippen LogP contribution is -2.43. The average molecular weight is 366 g/mol. The molecule has 0 spiro atoms. The number of amides is 2. The second-order valence-electron chi connectivity index (χ2n) is 7.37. The Morgan fingerprint density at radius 1 is 1.00 bits per heavy atom. The van der Waals surface area contributed by atoms with Crippen LogP contribution in [0.4, 0.5) is 15.8 Å². The first-order valence-electron chi connectivity index (χ1n) is 9.59. The summed E-state index contributed by atoms with van der Waals surface area (Å²) in [4.78, 5) is 28.0. The van der Waals surface area contributed by atoms with Crippen LogP contribution in [0.1, 0.15) is 31.2 Å². The minimum absolute atomic E-state index is 0.0408. The van der Waals surface area contributed by atoms with E-state index in [2.05, 4.69) is 11.4 Å². The molecule has 0 saturated heterocycles. The number of hydrogen-bond donors (Lipinski definition) is 1. The van der Waals surface area contributed by atoms with Crippen LogP contribution in [0.3, 0.4) is 0 Å². The van der Waals surface area contributed by atoms with E-state index in [0.29, 0.717) is 18.7 Å². The maximum Gasteiger partial charge on any atom is 0.230 e. The monoisotopic (exact) mass is 366 g/mol. The molecule has 1 aliphatic heterocycles. The first-order chi connectivity index (χ1) is 13.1. The van der Waals surface area contributed by atoms with Crippen molar-refractivity contribution in [3.8, 4) is 0 Å². The van der Waals surface area contributed by atoms with Crippen LogP contribution < -0.4 is 10.2 Å². The number of nitrogens with one attached hydrogen (secondary N) is 1. The van der Waals surface area contributed by atoms with Gasteiger partial charge in [-0.25, -0.2) is 4.39 Å². The number of carbonyl (C=O) groups excluding carboxylic acids is 2. The Morgan fingerprint density at radius 3 is 2.59 bits per heavy atom. The summed E-state index contributed by atoms with van der Waals surface area (Å²) in [6.07, 6.45) is 4.15. The molecule has 2 amide bonds. The van der Waals surface area contributed by atoms with Crippen molar-refractivity contribution in [1.82, 2.24) is 0 Å². The molecule has 0 bridgehead atoms. The molecule has 2 aromatic rings. The predicted octanol–water partition coefficient (Wildman–Crippen LogP) is 4.16. The second-order valence-corrected chi connectivity index (χ2v) is 7.37. The van der Waals surface area contributed by atoms with Crippen LogP contribution in [-0.4, -0.2) is 18.4 Å². The Morgan fingerprint density at radius 2 is 1.78 bits per heavy atom. The molecular weight excluding hydrogens is 343 g/mol. The van der Waals surface area contributed by atoms with Crippen LogP contribution in [0.25, 0.3) is 0 Å². The second kappa shape index (κ2) is 7.51. The molecule has 4 nitrogen and oxygen atoms in total. The number of fused-ring (bicyclic) bond motifs is 1. The first-order valence-corrected chi connectivity index (χ1v) is 9.59. The molecule has 140 valence electrons. The Bertz CT molecular complexity index is 867. The highest BCUT2D eigenvalue weighted by atomic mass is 19.1. The largest absolute Gasteiger partial charge is 0.326 e. The maximum atomic E-state index is 13.4. The van der Waals surface area contributed by atoms with Crippen molar-refractivity contribution >= 4 is 23.2 Å². The van der Waals surface area contributed by atoms with Gasteiger partial charge in [-0.1, -0.05) is 37.1 Å². The fraction of sp³-hybridized carbons (Fsp3) is 0.364. The summed E-state index contributed by atoms with van der Waals surface area (Å²) in [7, 11) is 0. The van der Waals surface area contributed by atoms with Crippen molar-refractivity contribution in [2.75, 3.05) is 16.8 Å². The standard InChI is InChI=1S/C22H23FN2O2/c23-16-7-5-8-17(14-16)24-21(26)18-9-2-3-10-19(18)22(27)25-13-12-15-6-1-4-11-20(15)25/h1,4-8,11,14,18-19H,2-3,9-10,12-13H2,(H,24,26). The summed E-state index contributed by atoms with van der Waals surface area (Å²) in [6.45, 7) is 0.674. The predicted molar refractivity (Wildman–Crippen MR) is 103 cm³/mol. The normalized spacial score (nSPS) is 21.6. The third-order valence-corrected chi connectivity index (χ3v) is 5.67. The van der Waals surface area contributed by atoms with Crippen LogP contribution in [-0.2, 0) is 16.0 Å². The number of benzene rings is 2. The average Bonchev–Trinajstić information content (AvgIpc) is 3.11. The Hall–Kier alpha value is -2.69. The van der Waals surface area contributed by atoms with Gasteiger partial charge in [-0.3, -0.25) is 9.59 Å². The third kappa shape index (κ3) is 3.59. The molecule has 1 N–H and O–H groups in total. The Kier molecular flexibility index (Phi) is 4.92. The van der Waals surface area contributed by atoms with Crippen LogP contribution in [0.15, 0.2) is 48.5 Å². The van der Waals surface area contributed by atoms with Crippen LogP contribution in [0.2, 0.25) is 0 Å². The minimum Gasteiger partial charge on any atom is -0.326 e. The number of halogens is 1. The van der Waals surface area contributed by atoms with Gasteiger partial charge in [-0.15, -0.1) is 0 Å². The van der Waals surface area contributed by atoms with Gasteiger partial charge in [0.1, 0.15) is 5.82 Å². The smallest absolute Gasteiger partial charge is 0.230 e. The first kappa shape index (κ1) is 17.7. The van der Waals surface area contributed by atoms with Gasteiger partial charge < -0.3 is 10.2 Å². The molecular formula is C22H23FN2O2. The molecule has 5 heteroatoms. The zero-order valence-electron chi connectivity index (χ0n) is 15.2. The van der Waals surface area contributed by atoms with E-state index >= 15 is 0 Å². The number of carbonyl (C=O) groups is 2. The summed E-state index contributed by atoms with van der Waals surface area (Å²) >= 11 is 0. The number of rotatable bonds is 3. The fourth-order valence-electron chi connectivity index (χ4n) is 4.31. The van der Waals surface area contributed by atoms with Crippen molar-refractivity contribution in [3.63, 3.8) is 0 Å². The van der Waals surface area contributed by atoms with E-state index in [1.54, 1.807) is 12.1 Å². The van der Waals surface area contributed by atoms with Gasteiger partial charge in [-0.2, -0.15) is 0 Å². The fourth-order valence-corrected chi connectivity index (χ4v) is 4.31. The molecule has 1 aliphatic carbocycles. The minimum atomic E-state index is -0.391. The van der Waals surface area contributed by atoms with Crippen LogP contribution >= 0.6 is 0 Å². The van der Waals surface area contributed by atoms with E-state index in [4.69, 9.17) is 0 Å². The van der Waals surface area contributed by atoms with Crippen LogP contribution in [0, 0.1) is 17.7 Å². The summed E-state index contributed by atoms with van der Waals surface area (Å²) in [5, 5.41) is 2.80. The molecule has 0 radical (unpaired) electrons. The van der Waals surface area contributed by atoms with Gasteiger partial charge in [-0.05, 0) is 49.1 Å². The van der Waals surface area contributed by atoms with Gasteiger partial charge in [0.25, 0.3) is 0 Å². The highest BCUT2D eigenvalue weighted by molar-refractivity contribution is 6.02. The van der Waals surface area contributed by atoms with Crippen molar-refractivity contribution < 1.29 is 14.0 Å². The van der Waals surface area contributed by atoms with Crippen molar-refractivity contribution in [2.24, 2.45) is 11.8 Å². The Balaban J connectivity index is 1.52. The van der Waals surface area contributed by atoms with Crippen molar-refractivity contribution in [1.29, 1.82) is 0 Å². The topological polar surface area (TPSA) is 49.4 Å². The van der Waals surface area contributed by atoms with Crippen molar-refractivity contribution in [2.45, 2.75) is 32.1 Å². The highest BCUT2D eigenvalue weighted by Crippen LogP contribution is 2.36. The molecule has 1 fully saturated rings. The maximum absolute atomic E-state index is 13.4. The lowest BCUT2D eigenvalue weighted by atomic mass is 9.77. The highest BCUT2D eigenvalue weighted by Gasteiger charge is 2.39. The lowest BCUT2D eigenvalue weighted by molar-refractivity contribution is -0.132. The zero-order chi connectivity index (χ0) is 18.8. The number of hydrogen-bond acceptors (Lipinski definition) is 2. The van der Waals surface area contributed by atoms with E-state index in [9.17, 15) is 14.0 Å². The summed E-state index contributed by atoms with van der Waals surface area (Å²) in [6, 6.07) is 13.8. The summed E-state index contributed by atoms with van der Waals surface area (Å²) < 4.78 is 13.4. The molecule has 2 aliphatic rings. The summed E-state index contributed by atoms with van der Waals surface area (Å²) in [5.74, 6) is -1.23. The number of nitrogens with zero attached hydrogens (tertiary/aromatic N) is 1. The number of para-hydroxylation sites is 1. The lowest BCUT2D eigenvalue weighted by Gasteiger charge is -2.32. The van der Waals surface area contributed by atoms with E-state index in [1.807, 2.05) is 23.1 Å². The molecule has 27 heavy (non-hydrogen) atoms. The third-order valence-electron chi connectivity index (χ3n) is 5.67. The van der Waals surface area contributed by atoms with Gasteiger partial charge in [0, 0.05) is 23.8 Å². The van der Waals surface area contributed by atoms with E-state index < -0.39 is 5.82 Å². The molecule has 2 unspecified atom stereocenters. The molecule has 2 aromatic carbocycles. The van der Waals surface area contributed by atoms with Gasteiger partial charge in [0.05, 0.1) is 5.92 Å². The molecule has 1 saturated carbocycles. The molecule has 2 atom stereocenters.